The summed E-state index contributed by atoms with van der Waals surface area (Å²) < 4.78 is 4.81. The summed E-state index contributed by atoms with van der Waals surface area (Å²) in [7, 11) is 1.36. The first kappa shape index (κ1) is 12.7. The molecule has 1 heterocycles. The average molecular weight is 250 g/mol. The van der Waals surface area contributed by atoms with Gasteiger partial charge in [0.1, 0.15) is 0 Å². The standard InChI is InChI=1S/C13H18N2O3/c1-8-10(12(16)18-2)11(15-13(17)14-8)9-6-4-3-5-7-9/h3-4,9,11H,5-7H2,1-2H3,(H2,14,15,17)/t9-,11+/m0/s1. The molecule has 18 heavy (non-hydrogen) atoms. The Kier molecular flexibility index (Phi) is 3.69. The molecule has 5 nitrogen and oxygen atoms in total. The van der Waals surface area contributed by atoms with E-state index in [9.17, 15) is 9.59 Å². The van der Waals surface area contributed by atoms with Gasteiger partial charge in [-0.2, -0.15) is 0 Å². The monoisotopic (exact) mass is 250 g/mol. The zero-order valence-corrected chi connectivity index (χ0v) is 10.7. The number of hydrogen-bond acceptors (Lipinski definition) is 3. The van der Waals surface area contributed by atoms with E-state index in [1.807, 2.05) is 0 Å². The zero-order valence-electron chi connectivity index (χ0n) is 10.7. The van der Waals surface area contributed by atoms with E-state index in [1.54, 1.807) is 6.92 Å². The number of hydrogen-bond donors (Lipinski definition) is 2. The lowest BCUT2D eigenvalue weighted by molar-refractivity contribution is -0.136. The second-order valence-electron chi connectivity index (χ2n) is 4.65. The van der Waals surface area contributed by atoms with Gasteiger partial charge in [-0.05, 0) is 32.1 Å². The first-order chi connectivity index (χ1) is 8.63. The third kappa shape index (κ3) is 2.39. The van der Waals surface area contributed by atoms with E-state index >= 15 is 0 Å². The Hall–Kier alpha value is -1.78. The topological polar surface area (TPSA) is 67.4 Å². The van der Waals surface area contributed by atoms with Crippen molar-refractivity contribution in [3.05, 3.63) is 23.4 Å². The summed E-state index contributed by atoms with van der Waals surface area (Å²) in [5.74, 6) is -0.121. The van der Waals surface area contributed by atoms with Gasteiger partial charge in [-0.25, -0.2) is 9.59 Å². The molecular weight excluding hydrogens is 232 g/mol. The number of allylic oxidation sites excluding steroid dienone is 3. The number of carbonyl (C=O) groups excluding carboxylic acids is 2. The van der Waals surface area contributed by atoms with Crippen LogP contribution in [-0.2, 0) is 9.53 Å². The van der Waals surface area contributed by atoms with E-state index in [1.165, 1.54) is 7.11 Å². The molecule has 1 aliphatic heterocycles. The van der Waals surface area contributed by atoms with E-state index in [2.05, 4.69) is 22.8 Å². The molecule has 0 aromatic heterocycles. The van der Waals surface area contributed by atoms with Gasteiger partial charge >= 0.3 is 12.0 Å². The maximum Gasteiger partial charge on any atom is 0.337 e. The number of carbonyl (C=O) groups is 2. The van der Waals surface area contributed by atoms with Gasteiger partial charge < -0.3 is 15.4 Å². The summed E-state index contributed by atoms with van der Waals surface area (Å²) in [5.41, 5.74) is 1.13. The first-order valence-electron chi connectivity index (χ1n) is 6.15. The second kappa shape index (κ2) is 5.25. The highest BCUT2D eigenvalue weighted by atomic mass is 16.5. The molecule has 0 saturated carbocycles. The van der Waals surface area contributed by atoms with Crippen molar-refractivity contribution in [3.8, 4) is 0 Å². The lowest BCUT2D eigenvalue weighted by Crippen LogP contribution is -2.53. The quantitative estimate of drug-likeness (QED) is 0.576. The minimum absolute atomic E-state index is 0.250. The van der Waals surface area contributed by atoms with Crippen LogP contribution in [0.1, 0.15) is 26.2 Å². The number of methoxy groups -OCH3 is 1. The van der Waals surface area contributed by atoms with Crippen LogP contribution in [0.3, 0.4) is 0 Å². The Morgan fingerprint density at radius 3 is 2.83 bits per heavy atom. The molecule has 5 heteroatoms. The van der Waals surface area contributed by atoms with Crippen LogP contribution in [0.15, 0.2) is 23.4 Å². The SMILES string of the molecule is COC(=O)C1=C(C)NC(=O)N[C@@H]1[C@H]1CC=CCC1. The molecule has 98 valence electrons. The molecule has 2 amide bonds. The Labute approximate surface area is 106 Å². The van der Waals surface area contributed by atoms with Crippen molar-refractivity contribution in [1.82, 2.24) is 10.6 Å². The summed E-state index contributed by atoms with van der Waals surface area (Å²) in [5, 5.41) is 5.46. The van der Waals surface area contributed by atoms with Gasteiger partial charge in [-0.15, -0.1) is 0 Å². The average Bonchev–Trinajstić information content (AvgIpc) is 2.38. The second-order valence-corrected chi connectivity index (χ2v) is 4.65. The minimum Gasteiger partial charge on any atom is -0.466 e. The molecule has 0 bridgehead atoms. The lowest BCUT2D eigenvalue weighted by Gasteiger charge is -2.34. The Morgan fingerprint density at radius 2 is 2.22 bits per heavy atom. The van der Waals surface area contributed by atoms with Crippen LogP contribution in [-0.4, -0.2) is 25.2 Å². The third-order valence-corrected chi connectivity index (χ3v) is 3.49. The predicted octanol–water partition coefficient (Wildman–Crippen LogP) is 1.47. The Morgan fingerprint density at radius 1 is 1.44 bits per heavy atom. The normalized spacial score (nSPS) is 27.6. The van der Waals surface area contributed by atoms with Crippen molar-refractivity contribution in [2.45, 2.75) is 32.2 Å². The number of ether oxygens (including phenoxy) is 1. The van der Waals surface area contributed by atoms with Crippen LogP contribution in [0, 0.1) is 5.92 Å². The lowest BCUT2D eigenvalue weighted by atomic mass is 9.82. The predicted molar refractivity (Wildman–Crippen MR) is 66.7 cm³/mol. The summed E-state index contributed by atoms with van der Waals surface area (Å²) in [6.07, 6.45) is 7.06. The summed E-state index contributed by atoms with van der Waals surface area (Å²) in [6.45, 7) is 1.73. The Balaban J connectivity index is 2.29. The molecule has 0 aromatic carbocycles. The van der Waals surface area contributed by atoms with Crippen molar-refractivity contribution < 1.29 is 14.3 Å². The number of urea groups is 1. The van der Waals surface area contributed by atoms with E-state index in [0.29, 0.717) is 11.3 Å². The summed E-state index contributed by atoms with van der Waals surface area (Å²) in [4.78, 5) is 23.4. The maximum absolute atomic E-state index is 11.8. The molecule has 0 unspecified atom stereocenters. The molecule has 0 aromatic rings. The van der Waals surface area contributed by atoms with Crippen LogP contribution in [0.25, 0.3) is 0 Å². The third-order valence-electron chi connectivity index (χ3n) is 3.49. The minimum atomic E-state index is -0.375. The van der Waals surface area contributed by atoms with Crippen molar-refractivity contribution >= 4 is 12.0 Å². The van der Waals surface area contributed by atoms with Crippen molar-refractivity contribution in [1.29, 1.82) is 0 Å². The molecule has 2 aliphatic rings. The fourth-order valence-corrected chi connectivity index (χ4v) is 2.58. The van der Waals surface area contributed by atoms with Gasteiger partial charge in [-0.1, -0.05) is 12.2 Å². The van der Waals surface area contributed by atoms with Gasteiger partial charge in [0, 0.05) is 5.70 Å². The van der Waals surface area contributed by atoms with Gasteiger partial charge in [-0.3, -0.25) is 0 Å². The van der Waals surface area contributed by atoms with Crippen molar-refractivity contribution in [3.63, 3.8) is 0 Å². The molecule has 0 radical (unpaired) electrons. The molecular formula is C13H18N2O3. The van der Waals surface area contributed by atoms with Gasteiger partial charge in [0.05, 0.1) is 18.7 Å². The van der Waals surface area contributed by atoms with E-state index < -0.39 is 0 Å². The van der Waals surface area contributed by atoms with Crippen LogP contribution in [0.5, 0.6) is 0 Å². The van der Waals surface area contributed by atoms with Crippen LogP contribution < -0.4 is 10.6 Å². The van der Waals surface area contributed by atoms with E-state index in [4.69, 9.17) is 4.74 Å². The molecule has 0 fully saturated rings. The van der Waals surface area contributed by atoms with Crippen molar-refractivity contribution in [2.24, 2.45) is 5.92 Å². The summed E-state index contributed by atoms with van der Waals surface area (Å²) >= 11 is 0. The number of nitrogens with one attached hydrogen (secondary N) is 2. The smallest absolute Gasteiger partial charge is 0.337 e. The van der Waals surface area contributed by atoms with Gasteiger partial charge in [0.2, 0.25) is 0 Å². The highest BCUT2D eigenvalue weighted by Crippen LogP contribution is 2.28. The molecule has 2 atom stereocenters. The van der Waals surface area contributed by atoms with E-state index in [-0.39, 0.29) is 24.0 Å². The van der Waals surface area contributed by atoms with Crippen molar-refractivity contribution in [2.75, 3.05) is 7.11 Å². The first-order valence-corrected chi connectivity index (χ1v) is 6.15. The molecule has 2 N–H and O–H groups in total. The number of amides is 2. The largest absolute Gasteiger partial charge is 0.466 e. The van der Waals surface area contributed by atoms with E-state index in [0.717, 1.165) is 19.3 Å². The maximum atomic E-state index is 11.8. The Bertz CT molecular complexity index is 426. The molecule has 0 saturated heterocycles. The molecule has 0 spiro atoms. The van der Waals surface area contributed by atoms with Gasteiger partial charge in [0.25, 0.3) is 0 Å². The fourth-order valence-electron chi connectivity index (χ4n) is 2.58. The number of rotatable bonds is 2. The molecule has 2 rings (SSSR count). The zero-order chi connectivity index (χ0) is 13.1. The highest BCUT2D eigenvalue weighted by molar-refractivity contribution is 5.94. The van der Waals surface area contributed by atoms with Crippen LogP contribution >= 0.6 is 0 Å². The fraction of sp³-hybridized carbons (Fsp3) is 0.538. The summed E-state index contributed by atoms with van der Waals surface area (Å²) in [6, 6.07) is -0.504. The van der Waals surface area contributed by atoms with Gasteiger partial charge in [0.15, 0.2) is 0 Å². The highest BCUT2D eigenvalue weighted by Gasteiger charge is 2.35. The number of esters is 1. The van der Waals surface area contributed by atoms with Crippen LogP contribution in [0.4, 0.5) is 4.79 Å². The van der Waals surface area contributed by atoms with Crippen LogP contribution in [0.2, 0.25) is 0 Å². The molecule has 1 aliphatic carbocycles.